The van der Waals surface area contributed by atoms with Gasteiger partial charge in [0.2, 0.25) is 0 Å². The van der Waals surface area contributed by atoms with Crippen LogP contribution in [0.2, 0.25) is 0 Å². The van der Waals surface area contributed by atoms with Gasteiger partial charge in [-0.15, -0.1) is 10.2 Å². The molecule has 1 heterocycles. The zero-order valence-corrected chi connectivity index (χ0v) is 9.55. The van der Waals surface area contributed by atoms with Crippen molar-refractivity contribution in [2.24, 2.45) is 10.2 Å². The molecule has 0 aliphatic carbocycles. The number of carboxylic acid groups (broad SMARTS) is 1. The normalized spacial score (nSPS) is 18.1. The maximum atomic E-state index is 12.6. The first kappa shape index (κ1) is 13.5. The number of halogens is 3. The topological polar surface area (TPSA) is 74.0 Å². The average molecular weight is 273 g/mol. The highest BCUT2D eigenvalue weighted by molar-refractivity contribution is 5.74. The molecule has 2 N–H and O–H groups in total. The molecule has 8 heteroatoms. The van der Waals surface area contributed by atoms with E-state index in [0.717, 1.165) is 0 Å². The number of carbonyl (C=O) groups is 1. The first-order valence-corrected chi connectivity index (χ1v) is 5.39. The van der Waals surface area contributed by atoms with Gasteiger partial charge in [-0.25, -0.2) is 0 Å². The van der Waals surface area contributed by atoms with Crippen molar-refractivity contribution in [3.8, 4) is 0 Å². The van der Waals surface area contributed by atoms with Crippen LogP contribution >= 0.6 is 0 Å². The Hall–Kier alpha value is -1.96. The molecule has 1 atom stereocenters. The van der Waals surface area contributed by atoms with Crippen molar-refractivity contribution in [2.75, 3.05) is 0 Å². The minimum Gasteiger partial charge on any atom is -0.480 e. The van der Waals surface area contributed by atoms with Gasteiger partial charge in [-0.3, -0.25) is 10.1 Å². The maximum Gasteiger partial charge on any atom is 0.452 e. The second-order valence-corrected chi connectivity index (χ2v) is 4.09. The number of hydrogen-bond acceptors (Lipinski definition) is 4. The molecule has 2 rings (SSSR count). The van der Waals surface area contributed by atoms with Crippen LogP contribution in [0, 0.1) is 0 Å². The van der Waals surface area contributed by atoms with Crippen molar-refractivity contribution in [2.45, 2.75) is 24.4 Å². The van der Waals surface area contributed by atoms with Crippen molar-refractivity contribution >= 4 is 5.97 Å². The number of nitrogens with zero attached hydrogens (tertiary/aromatic N) is 2. The molecule has 102 valence electrons. The van der Waals surface area contributed by atoms with Crippen LogP contribution in [0.15, 0.2) is 40.6 Å². The van der Waals surface area contributed by atoms with Gasteiger partial charge in [-0.05, 0) is 12.0 Å². The molecule has 1 aliphatic rings. The minimum atomic E-state index is -4.74. The Morgan fingerprint density at radius 1 is 1.32 bits per heavy atom. The lowest BCUT2D eigenvalue weighted by Crippen LogP contribution is -2.54. The molecule has 0 radical (unpaired) electrons. The monoisotopic (exact) mass is 273 g/mol. The third-order valence-corrected chi connectivity index (χ3v) is 2.65. The second kappa shape index (κ2) is 4.61. The van der Waals surface area contributed by atoms with E-state index in [1.165, 1.54) is 0 Å². The van der Waals surface area contributed by atoms with Crippen LogP contribution in [0.25, 0.3) is 0 Å². The first-order chi connectivity index (χ1) is 8.84. The molecule has 0 amide bonds. The Balaban J connectivity index is 2.08. The Bertz CT molecular complexity index is 496. The highest BCUT2D eigenvalue weighted by Gasteiger charge is 2.65. The summed E-state index contributed by atoms with van der Waals surface area (Å²) in [5.74, 6) is -4.14. The van der Waals surface area contributed by atoms with E-state index < -0.39 is 24.0 Å². The number of alkyl halides is 3. The number of aliphatic carboxylic acids is 1. The van der Waals surface area contributed by atoms with E-state index >= 15 is 0 Å². The van der Waals surface area contributed by atoms with Crippen LogP contribution in [0.4, 0.5) is 13.2 Å². The van der Waals surface area contributed by atoms with E-state index in [-0.39, 0.29) is 6.42 Å². The van der Waals surface area contributed by atoms with E-state index in [1.54, 1.807) is 30.3 Å². The highest BCUT2D eigenvalue weighted by Crippen LogP contribution is 2.42. The highest BCUT2D eigenvalue weighted by atomic mass is 19.4. The fourth-order valence-corrected chi connectivity index (χ4v) is 1.60. The van der Waals surface area contributed by atoms with Gasteiger partial charge < -0.3 is 5.11 Å². The zero-order chi connectivity index (χ0) is 14.1. The minimum absolute atomic E-state index is 0.0843. The van der Waals surface area contributed by atoms with Crippen LogP contribution in [0.3, 0.4) is 0 Å². The standard InChI is InChI=1S/C11H10F3N3O2/c12-10(13,14)11(16-17-11)15-8(9(18)19)6-7-4-2-1-3-5-7/h1-5,8,15H,6H2,(H,18,19)/t8-/m0/s1. The number of benzene rings is 1. The summed E-state index contributed by atoms with van der Waals surface area (Å²) in [7, 11) is 0. The largest absolute Gasteiger partial charge is 0.480 e. The van der Waals surface area contributed by atoms with Gasteiger partial charge in [0.1, 0.15) is 6.04 Å². The lowest BCUT2D eigenvalue weighted by atomic mass is 10.1. The molecule has 0 saturated heterocycles. The van der Waals surface area contributed by atoms with E-state index in [4.69, 9.17) is 5.11 Å². The lowest BCUT2D eigenvalue weighted by molar-refractivity contribution is -0.175. The summed E-state index contributed by atoms with van der Waals surface area (Å²) in [4.78, 5) is 11.0. The third-order valence-electron chi connectivity index (χ3n) is 2.65. The Morgan fingerprint density at radius 2 is 1.89 bits per heavy atom. The summed E-state index contributed by atoms with van der Waals surface area (Å²) >= 11 is 0. The molecule has 1 aromatic carbocycles. The number of carboxylic acids is 1. The molecule has 0 saturated carbocycles. The summed E-state index contributed by atoms with van der Waals surface area (Å²) in [5, 5.41) is 16.7. The Labute approximate surface area is 106 Å². The van der Waals surface area contributed by atoms with Gasteiger partial charge in [0.25, 0.3) is 0 Å². The summed E-state index contributed by atoms with van der Waals surface area (Å²) < 4.78 is 37.8. The van der Waals surface area contributed by atoms with Crippen LogP contribution in [0.5, 0.6) is 0 Å². The van der Waals surface area contributed by atoms with Gasteiger partial charge in [0, 0.05) is 0 Å². The summed E-state index contributed by atoms with van der Waals surface area (Å²) in [6, 6.07) is 6.95. The maximum absolute atomic E-state index is 12.6. The molecule has 0 bridgehead atoms. The number of hydrogen-bond donors (Lipinski definition) is 2. The predicted octanol–water partition coefficient (Wildman–Crippen LogP) is 1.95. The predicted molar refractivity (Wildman–Crippen MR) is 58.3 cm³/mol. The Kier molecular flexibility index (Phi) is 3.27. The van der Waals surface area contributed by atoms with Gasteiger partial charge >= 0.3 is 17.9 Å². The number of nitrogens with one attached hydrogen (secondary N) is 1. The molecule has 5 nitrogen and oxygen atoms in total. The van der Waals surface area contributed by atoms with Crippen LogP contribution in [-0.4, -0.2) is 29.1 Å². The molecule has 0 spiro atoms. The van der Waals surface area contributed by atoms with Gasteiger partial charge in [0.05, 0.1) is 0 Å². The molecule has 0 fully saturated rings. The van der Waals surface area contributed by atoms with Crippen molar-refractivity contribution in [1.29, 1.82) is 0 Å². The zero-order valence-electron chi connectivity index (χ0n) is 9.55. The summed E-state index contributed by atoms with van der Waals surface area (Å²) in [6.07, 6.45) is -4.82. The second-order valence-electron chi connectivity index (χ2n) is 4.09. The van der Waals surface area contributed by atoms with Crippen LogP contribution in [0.1, 0.15) is 5.56 Å². The molecule has 0 aromatic heterocycles. The van der Waals surface area contributed by atoms with E-state index in [9.17, 15) is 18.0 Å². The van der Waals surface area contributed by atoms with E-state index in [0.29, 0.717) is 5.56 Å². The van der Waals surface area contributed by atoms with Gasteiger partial charge in [-0.2, -0.15) is 13.2 Å². The fraction of sp³-hybridized carbons (Fsp3) is 0.364. The van der Waals surface area contributed by atoms with Crippen LogP contribution in [-0.2, 0) is 11.2 Å². The van der Waals surface area contributed by atoms with Crippen molar-refractivity contribution in [3.05, 3.63) is 35.9 Å². The van der Waals surface area contributed by atoms with E-state index in [2.05, 4.69) is 10.2 Å². The molecular weight excluding hydrogens is 263 g/mol. The van der Waals surface area contributed by atoms with Gasteiger partial charge in [-0.1, -0.05) is 30.3 Å². The Morgan fingerprint density at radius 3 is 2.32 bits per heavy atom. The lowest BCUT2D eigenvalue weighted by Gasteiger charge is -2.21. The van der Waals surface area contributed by atoms with Crippen molar-refractivity contribution in [1.82, 2.24) is 5.32 Å². The quantitative estimate of drug-likeness (QED) is 0.861. The van der Waals surface area contributed by atoms with Crippen molar-refractivity contribution < 1.29 is 23.1 Å². The average Bonchev–Trinajstić information content (AvgIpc) is 3.10. The third kappa shape index (κ3) is 2.90. The fourth-order valence-electron chi connectivity index (χ4n) is 1.60. The van der Waals surface area contributed by atoms with Crippen LogP contribution < -0.4 is 5.32 Å². The first-order valence-electron chi connectivity index (χ1n) is 5.39. The SMILES string of the molecule is O=C(O)[C@H](Cc1ccccc1)NC1(C(F)(F)F)N=N1. The van der Waals surface area contributed by atoms with E-state index in [1.807, 2.05) is 5.32 Å². The summed E-state index contributed by atoms with van der Waals surface area (Å²) in [6.45, 7) is 0. The summed E-state index contributed by atoms with van der Waals surface area (Å²) in [5.41, 5.74) is 0.611. The molecule has 0 unspecified atom stereocenters. The van der Waals surface area contributed by atoms with Gasteiger partial charge in [0.15, 0.2) is 0 Å². The van der Waals surface area contributed by atoms with Crippen molar-refractivity contribution in [3.63, 3.8) is 0 Å². The smallest absolute Gasteiger partial charge is 0.452 e. The molecule has 19 heavy (non-hydrogen) atoms. The molecular formula is C11H10F3N3O2. The number of rotatable bonds is 5. The molecule has 1 aromatic rings. The molecule has 1 aliphatic heterocycles.